The maximum atomic E-state index is 11.8. The van der Waals surface area contributed by atoms with E-state index >= 15 is 0 Å². The van der Waals surface area contributed by atoms with Gasteiger partial charge in [0.05, 0.1) is 0 Å². The molecule has 0 heterocycles. The van der Waals surface area contributed by atoms with Crippen LogP contribution < -0.4 is 0 Å². The Morgan fingerprint density at radius 3 is 2.48 bits per heavy atom. The van der Waals surface area contributed by atoms with Crippen molar-refractivity contribution in [1.29, 1.82) is 0 Å². The van der Waals surface area contributed by atoms with Gasteiger partial charge in [-0.05, 0) is 29.5 Å². The van der Waals surface area contributed by atoms with E-state index in [0.717, 1.165) is 17.5 Å². The molecule has 0 bridgehead atoms. The Balaban J connectivity index is 1.78. The lowest BCUT2D eigenvalue weighted by Gasteiger charge is -2.06. The van der Waals surface area contributed by atoms with E-state index in [1.54, 1.807) is 0 Å². The van der Waals surface area contributed by atoms with E-state index in [0.29, 0.717) is 19.4 Å². The molecule has 0 N–H and O–H groups in total. The highest BCUT2D eigenvalue weighted by molar-refractivity contribution is 5.69. The van der Waals surface area contributed by atoms with E-state index in [1.807, 2.05) is 48.5 Å². The van der Waals surface area contributed by atoms with Crippen molar-refractivity contribution >= 4 is 5.97 Å². The zero-order valence-electron chi connectivity index (χ0n) is 12.1. The van der Waals surface area contributed by atoms with Crippen LogP contribution in [0.25, 0.3) is 0 Å². The molecule has 0 aliphatic carbocycles. The van der Waals surface area contributed by atoms with E-state index in [9.17, 15) is 4.79 Å². The van der Waals surface area contributed by atoms with Gasteiger partial charge in [-0.15, -0.1) is 6.58 Å². The zero-order valence-corrected chi connectivity index (χ0v) is 12.1. The lowest BCUT2D eigenvalue weighted by atomic mass is 10.0. The second-order valence-electron chi connectivity index (χ2n) is 4.96. The summed E-state index contributed by atoms with van der Waals surface area (Å²) in [5, 5.41) is 0. The number of hydrogen-bond acceptors (Lipinski definition) is 2. The van der Waals surface area contributed by atoms with Gasteiger partial charge in [-0.3, -0.25) is 4.79 Å². The Hall–Kier alpha value is -2.35. The molecule has 0 aromatic heterocycles. The summed E-state index contributed by atoms with van der Waals surface area (Å²) in [6.45, 7) is 4.08. The molecule has 2 aromatic rings. The van der Waals surface area contributed by atoms with Gasteiger partial charge in [0.2, 0.25) is 0 Å². The normalized spacial score (nSPS) is 10.1. The molecule has 0 radical (unpaired) electrons. The van der Waals surface area contributed by atoms with Crippen molar-refractivity contribution in [3.05, 3.63) is 83.9 Å². The van der Waals surface area contributed by atoms with Gasteiger partial charge in [-0.1, -0.05) is 60.7 Å². The van der Waals surface area contributed by atoms with Crippen LogP contribution in [-0.4, -0.2) is 5.97 Å². The predicted molar refractivity (Wildman–Crippen MR) is 84.9 cm³/mol. The third-order valence-electron chi connectivity index (χ3n) is 3.23. The number of aryl methyl sites for hydroxylation is 1. The van der Waals surface area contributed by atoms with Crippen molar-refractivity contribution in [3.63, 3.8) is 0 Å². The largest absolute Gasteiger partial charge is 0.461 e. The highest BCUT2D eigenvalue weighted by atomic mass is 16.5. The molecule has 0 unspecified atom stereocenters. The molecular formula is C19H20O2. The molecular weight excluding hydrogens is 260 g/mol. The minimum atomic E-state index is -0.159. The molecule has 0 saturated heterocycles. The van der Waals surface area contributed by atoms with Gasteiger partial charge in [-0.2, -0.15) is 0 Å². The van der Waals surface area contributed by atoms with Crippen molar-refractivity contribution in [2.45, 2.75) is 25.9 Å². The first-order valence-corrected chi connectivity index (χ1v) is 7.16. The van der Waals surface area contributed by atoms with Crippen molar-refractivity contribution in [2.75, 3.05) is 0 Å². The highest BCUT2D eigenvalue weighted by Gasteiger charge is 2.04. The molecule has 21 heavy (non-hydrogen) atoms. The third-order valence-corrected chi connectivity index (χ3v) is 3.23. The van der Waals surface area contributed by atoms with Crippen LogP contribution in [0.15, 0.2) is 67.3 Å². The molecule has 2 nitrogen and oxygen atoms in total. The van der Waals surface area contributed by atoms with Gasteiger partial charge in [0, 0.05) is 6.42 Å². The number of hydrogen-bond donors (Lipinski definition) is 0. The summed E-state index contributed by atoms with van der Waals surface area (Å²) in [4.78, 5) is 11.8. The van der Waals surface area contributed by atoms with Crippen LogP contribution in [0.4, 0.5) is 0 Å². The molecule has 2 aromatic carbocycles. The Bertz CT molecular complexity index is 588. The molecule has 0 aliphatic rings. The fraction of sp³-hybridized carbons (Fsp3) is 0.211. The average molecular weight is 280 g/mol. The molecule has 0 amide bonds. The number of carbonyl (C=O) groups excluding carboxylic acids is 1. The summed E-state index contributed by atoms with van der Waals surface area (Å²) < 4.78 is 5.27. The van der Waals surface area contributed by atoms with Crippen molar-refractivity contribution in [2.24, 2.45) is 0 Å². The van der Waals surface area contributed by atoms with Crippen molar-refractivity contribution < 1.29 is 9.53 Å². The van der Waals surface area contributed by atoms with Gasteiger partial charge in [0.15, 0.2) is 0 Å². The van der Waals surface area contributed by atoms with Crippen molar-refractivity contribution in [1.82, 2.24) is 0 Å². The second kappa shape index (κ2) is 8.05. The van der Waals surface area contributed by atoms with E-state index in [2.05, 4.69) is 18.7 Å². The smallest absolute Gasteiger partial charge is 0.306 e. The summed E-state index contributed by atoms with van der Waals surface area (Å²) in [6.07, 6.45) is 3.85. The predicted octanol–water partition coefficient (Wildman–Crippen LogP) is 4.09. The molecule has 0 atom stereocenters. The fourth-order valence-corrected chi connectivity index (χ4v) is 2.14. The standard InChI is InChI=1S/C19H20O2/c1-2-7-16-10-6-11-17(14-16)12-13-19(20)21-15-18-8-4-3-5-9-18/h2-6,8-11,14H,1,7,12-13,15H2. The van der Waals surface area contributed by atoms with Crippen LogP contribution in [0, 0.1) is 0 Å². The molecule has 0 fully saturated rings. The Labute approximate surface area is 126 Å². The summed E-state index contributed by atoms with van der Waals surface area (Å²) in [5.41, 5.74) is 3.39. The lowest BCUT2D eigenvalue weighted by Crippen LogP contribution is -2.06. The lowest BCUT2D eigenvalue weighted by molar-refractivity contribution is -0.144. The SMILES string of the molecule is C=CCc1cccc(CCC(=O)OCc2ccccc2)c1. The van der Waals surface area contributed by atoms with Gasteiger partial charge < -0.3 is 4.74 Å². The van der Waals surface area contributed by atoms with E-state index in [-0.39, 0.29) is 5.97 Å². The molecule has 2 rings (SSSR count). The van der Waals surface area contributed by atoms with Crippen molar-refractivity contribution in [3.8, 4) is 0 Å². The number of carbonyl (C=O) groups is 1. The molecule has 108 valence electrons. The monoisotopic (exact) mass is 280 g/mol. The van der Waals surface area contributed by atoms with Gasteiger partial charge >= 0.3 is 5.97 Å². The van der Waals surface area contributed by atoms with E-state index < -0.39 is 0 Å². The number of ether oxygens (including phenoxy) is 1. The zero-order chi connectivity index (χ0) is 14.9. The van der Waals surface area contributed by atoms with Crippen LogP contribution in [0.3, 0.4) is 0 Å². The number of benzene rings is 2. The minimum absolute atomic E-state index is 0.159. The molecule has 0 spiro atoms. The Morgan fingerprint density at radius 2 is 1.71 bits per heavy atom. The summed E-state index contributed by atoms with van der Waals surface area (Å²) >= 11 is 0. The van der Waals surface area contributed by atoms with Crippen LogP contribution in [0.1, 0.15) is 23.1 Å². The number of esters is 1. The van der Waals surface area contributed by atoms with Gasteiger partial charge in [0.25, 0.3) is 0 Å². The van der Waals surface area contributed by atoms with Gasteiger partial charge in [0.1, 0.15) is 6.61 Å². The van der Waals surface area contributed by atoms with Crippen LogP contribution in [0.5, 0.6) is 0 Å². The summed E-state index contributed by atoms with van der Waals surface area (Å²) in [7, 11) is 0. The quantitative estimate of drug-likeness (QED) is 0.564. The maximum Gasteiger partial charge on any atom is 0.306 e. The summed E-state index contributed by atoms with van der Waals surface area (Å²) in [5.74, 6) is -0.159. The first-order chi connectivity index (χ1) is 10.3. The average Bonchev–Trinajstić information content (AvgIpc) is 2.53. The summed E-state index contributed by atoms with van der Waals surface area (Å²) in [6, 6.07) is 18.0. The fourth-order valence-electron chi connectivity index (χ4n) is 2.14. The number of allylic oxidation sites excluding steroid dienone is 1. The highest BCUT2D eigenvalue weighted by Crippen LogP contribution is 2.10. The third kappa shape index (κ3) is 5.27. The first-order valence-electron chi connectivity index (χ1n) is 7.16. The number of rotatable bonds is 7. The topological polar surface area (TPSA) is 26.3 Å². The Kier molecular flexibility index (Phi) is 5.77. The molecule has 0 aliphatic heterocycles. The Morgan fingerprint density at radius 1 is 1.00 bits per heavy atom. The maximum absolute atomic E-state index is 11.8. The molecule has 0 saturated carbocycles. The first kappa shape index (κ1) is 15.0. The van der Waals surface area contributed by atoms with Gasteiger partial charge in [-0.25, -0.2) is 0 Å². The second-order valence-corrected chi connectivity index (χ2v) is 4.96. The molecule has 2 heteroatoms. The van der Waals surface area contributed by atoms with Crippen LogP contribution in [0.2, 0.25) is 0 Å². The van der Waals surface area contributed by atoms with E-state index in [1.165, 1.54) is 5.56 Å². The van der Waals surface area contributed by atoms with E-state index in [4.69, 9.17) is 4.74 Å². The van der Waals surface area contributed by atoms with Crippen LogP contribution >= 0.6 is 0 Å². The van der Waals surface area contributed by atoms with Crippen LogP contribution in [-0.2, 0) is 29.0 Å². The minimum Gasteiger partial charge on any atom is -0.461 e.